The van der Waals surface area contributed by atoms with E-state index >= 15 is 0 Å². The highest BCUT2D eigenvalue weighted by Crippen LogP contribution is 2.30. The molecule has 3 heteroatoms. The highest BCUT2D eigenvalue weighted by atomic mass is 16.5. The average Bonchev–Trinajstić information content (AvgIpc) is 2.23. The summed E-state index contributed by atoms with van der Waals surface area (Å²) in [4.78, 5) is 0. The lowest BCUT2D eigenvalue weighted by Crippen LogP contribution is -2.16. The molecule has 0 bridgehead atoms. The molecule has 0 aromatic heterocycles. The Kier molecular flexibility index (Phi) is 5.13. The Hall–Kier alpha value is -1.38. The standard InChI is InChI=1S/C14H24N2O/c1-5-7-11(4)16-12-8-6-9-13(14(12)15)17-10(2)3/h6,8-11,16H,5,7,15H2,1-4H3. The van der Waals surface area contributed by atoms with Gasteiger partial charge in [0.25, 0.3) is 0 Å². The van der Waals surface area contributed by atoms with Crippen LogP contribution in [0.3, 0.4) is 0 Å². The number of rotatable bonds is 6. The van der Waals surface area contributed by atoms with Crippen LogP contribution in [-0.2, 0) is 0 Å². The fourth-order valence-electron chi connectivity index (χ4n) is 1.80. The lowest BCUT2D eigenvalue weighted by Gasteiger charge is -2.19. The largest absolute Gasteiger partial charge is 0.489 e. The first-order chi connectivity index (χ1) is 8.04. The Morgan fingerprint density at radius 1 is 1.29 bits per heavy atom. The predicted molar refractivity (Wildman–Crippen MR) is 74.6 cm³/mol. The Labute approximate surface area is 104 Å². The van der Waals surface area contributed by atoms with Crippen molar-refractivity contribution in [2.75, 3.05) is 11.1 Å². The molecule has 0 amide bonds. The van der Waals surface area contributed by atoms with E-state index in [9.17, 15) is 0 Å². The Morgan fingerprint density at radius 3 is 2.59 bits per heavy atom. The van der Waals surface area contributed by atoms with Crippen LogP contribution in [0.1, 0.15) is 40.5 Å². The van der Waals surface area contributed by atoms with E-state index in [1.165, 1.54) is 0 Å². The third-order valence-corrected chi connectivity index (χ3v) is 2.55. The molecule has 1 aromatic carbocycles. The maximum Gasteiger partial charge on any atom is 0.144 e. The molecule has 0 spiro atoms. The zero-order chi connectivity index (χ0) is 12.8. The minimum atomic E-state index is 0.139. The molecule has 0 saturated carbocycles. The normalized spacial score (nSPS) is 12.5. The third kappa shape index (κ3) is 4.17. The highest BCUT2D eigenvalue weighted by molar-refractivity contribution is 5.73. The van der Waals surface area contributed by atoms with Gasteiger partial charge in [-0.3, -0.25) is 0 Å². The number of hydrogen-bond donors (Lipinski definition) is 2. The lowest BCUT2D eigenvalue weighted by molar-refractivity contribution is 0.244. The SMILES string of the molecule is CCCC(C)Nc1cccc(OC(C)C)c1N. The van der Waals surface area contributed by atoms with Crippen LogP contribution in [0, 0.1) is 0 Å². The van der Waals surface area contributed by atoms with Gasteiger partial charge in [-0.15, -0.1) is 0 Å². The number of ether oxygens (including phenoxy) is 1. The molecule has 3 nitrogen and oxygen atoms in total. The maximum atomic E-state index is 6.09. The van der Waals surface area contributed by atoms with Crippen LogP contribution in [0.25, 0.3) is 0 Å². The van der Waals surface area contributed by atoms with E-state index in [4.69, 9.17) is 10.5 Å². The van der Waals surface area contributed by atoms with Crippen LogP contribution in [0.2, 0.25) is 0 Å². The van der Waals surface area contributed by atoms with E-state index in [1.54, 1.807) is 0 Å². The van der Waals surface area contributed by atoms with Gasteiger partial charge in [-0.25, -0.2) is 0 Å². The van der Waals surface area contributed by atoms with E-state index in [2.05, 4.69) is 19.2 Å². The van der Waals surface area contributed by atoms with Gasteiger partial charge < -0.3 is 15.8 Å². The third-order valence-electron chi connectivity index (χ3n) is 2.55. The highest BCUT2D eigenvalue weighted by Gasteiger charge is 2.09. The van der Waals surface area contributed by atoms with Gasteiger partial charge in [0.05, 0.1) is 17.5 Å². The van der Waals surface area contributed by atoms with E-state index in [1.807, 2.05) is 32.0 Å². The first-order valence-corrected chi connectivity index (χ1v) is 6.36. The van der Waals surface area contributed by atoms with Gasteiger partial charge in [0, 0.05) is 6.04 Å². The number of para-hydroxylation sites is 1. The Morgan fingerprint density at radius 2 is 2.00 bits per heavy atom. The second kappa shape index (κ2) is 6.38. The van der Waals surface area contributed by atoms with Crippen LogP contribution in [0.5, 0.6) is 5.75 Å². The molecular weight excluding hydrogens is 212 g/mol. The predicted octanol–water partition coefficient (Wildman–Crippen LogP) is 3.66. The molecule has 0 heterocycles. The van der Waals surface area contributed by atoms with Crippen LogP contribution >= 0.6 is 0 Å². The number of nitrogens with two attached hydrogens (primary N) is 1. The molecule has 0 fully saturated rings. The molecule has 1 unspecified atom stereocenters. The van der Waals surface area contributed by atoms with Gasteiger partial charge in [0.2, 0.25) is 0 Å². The maximum absolute atomic E-state index is 6.09. The summed E-state index contributed by atoms with van der Waals surface area (Å²) in [5.74, 6) is 0.758. The van der Waals surface area contributed by atoms with E-state index in [-0.39, 0.29) is 6.10 Å². The van der Waals surface area contributed by atoms with Crippen molar-refractivity contribution < 1.29 is 4.74 Å². The molecule has 0 aliphatic rings. The first-order valence-electron chi connectivity index (χ1n) is 6.36. The van der Waals surface area contributed by atoms with Crippen LogP contribution in [-0.4, -0.2) is 12.1 Å². The molecule has 3 N–H and O–H groups in total. The van der Waals surface area contributed by atoms with Gasteiger partial charge >= 0.3 is 0 Å². The minimum Gasteiger partial charge on any atom is -0.489 e. The van der Waals surface area contributed by atoms with Crippen molar-refractivity contribution in [2.24, 2.45) is 0 Å². The summed E-state index contributed by atoms with van der Waals surface area (Å²) in [6.07, 6.45) is 2.44. The number of anilines is 2. The topological polar surface area (TPSA) is 47.3 Å². The Bertz CT molecular complexity index is 350. The number of nitrogen functional groups attached to an aromatic ring is 1. The monoisotopic (exact) mass is 236 g/mol. The average molecular weight is 236 g/mol. The van der Waals surface area contributed by atoms with E-state index in [0.717, 1.165) is 24.3 Å². The fourth-order valence-corrected chi connectivity index (χ4v) is 1.80. The second-order valence-electron chi connectivity index (χ2n) is 4.72. The van der Waals surface area contributed by atoms with Crippen LogP contribution in [0.4, 0.5) is 11.4 Å². The molecule has 96 valence electrons. The van der Waals surface area contributed by atoms with Crippen LogP contribution in [0.15, 0.2) is 18.2 Å². The van der Waals surface area contributed by atoms with Crippen molar-refractivity contribution in [1.29, 1.82) is 0 Å². The molecule has 1 rings (SSSR count). The van der Waals surface area contributed by atoms with Crippen LogP contribution < -0.4 is 15.8 Å². The van der Waals surface area contributed by atoms with Gasteiger partial charge in [0.15, 0.2) is 0 Å². The van der Waals surface area contributed by atoms with E-state index < -0.39 is 0 Å². The summed E-state index contributed by atoms with van der Waals surface area (Å²) < 4.78 is 5.66. The summed E-state index contributed by atoms with van der Waals surface area (Å²) in [5.41, 5.74) is 7.75. The number of benzene rings is 1. The van der Waals surface area contributed by atoms with Crippen molar-refractivity contribution in [1.82, 2.24) is 0 Å². The lowest BCUT2D eigenvalue weighted by atomic mass is 10.1. The molecule has 0 aliphatic carbocycles. The van der Waals surface area contributed by atoms with Gasteiger partial charge in [-0.2, -0.15) is 0 Å². The van der Waals surface area contributed by atoms with Gasteiger partial charge in [-0.1, -0.05) is 19.4 Å². The summed E-state index contributed by atoms with van der Waals surface area (Å²) in [6, 6.07) is 6.30. The molecule has 0 radical (unpaired) electrons. The number of hydrogen-bond acceptors (Lipinski definition) is 3. The molecule has 17 heavy (non-hydrogen) atoms. The first kappa shape index (κ1) is 13.7. The zero-order valence-electron chi connectivity index (χ0n) is 11.3. The summed E-state index contributed by atoms with van der Waals surface area (Å²) >= 11 is 0. The van der Waals surface area contributed by atoms with E-state index in [0.29, 0.717) is 11.7 Å². The van der Waals surface area contributed by atoms with Crippen molar-refractivity contribution in [3.63, 3.8) is 0 Å². The fraction of sp³-hybridized carbons (Fsp3) is 0.571. The van der Waals surface area contributed by atoms with Gasteiger partial charge in [0.1, 0.15) is 5.75 Å². The molecule has 0 aliphatic heterocycles. The van der Waals surface area contributed by atoms with Crippen molar-refractivity contribution >= 4 is 11.4 Å². The number of nitrogens with one attached hydrogen (secondary N) is 1. The molecule has 1 atom stereocenters. The second-order valence-corrected chi connectivity index (χ2v) is 4.72. The van der Waals surface area contributed by atoms with Crippen molar-refractivity contribution in [2.45, 2.75) is 52.7 Å². The Balaban J connectivity index is 2.79. The molecule has 0 saturated heterocycles. The quantitative estimate of drug-likeness (QED) is 0.741. The minimum absolute atomic E-state index is 0.139. The van der Waals surface area contributed by atoms with Crippen molar-refractivity contribution in [3.05, 3.63) is 18.2 Å². The smallest absolute Gasteiger partial charge is 0.144 e. The molecule has 1 aromatic rings. The summed E-state index contributed by atoms with van der Waals surface area (Å²) in [5, 5.41) is 3.42. The summed E-state index contributed by atoms with van der Waals surface area (Å²) in [7, 11) is 0. The summed E-state index contributed by atoms with van der Waals surface area (Å²) in [6.45, 7) is 8.34. The van der Waals surface area contributed by atoms with Gasteiger partial charge in [-0.05, 0) is 39.3 Å². The zero-order valence-corrected chi connectivity index (χ0v) is 11.3. The van der Waals surface area contributed by atoms with Crippen molar-refractivity contribution in [3.8, 4) is 5.75 Å². The molecular formula is C14H24N2O.